The molecule has 6 nitrogen and oxygen atoms in total. The van der Waals surface area contributed by atoms with E-state index < -0.39 is 0 Å². The lowest BCUT2D eigenvalue weighted by Gasteiger charge is -2.35. The number of nitrogen functional groups attached to an aromatic ring is 1. The molecule has 30 heavy (non-hydrogen) atoms. The first-order valence-electron chi connectivity index (χ1n) is 10.2. The summed E-state index contributed by atoms with van der Waals surface area (Å²) in [7, 11) is 0. The first-order chi connectivity index (χ1) is 14.6. The van der Waals surface area contributed by atoms with Gasteiger partial charge in [-0.25, -0.2) is 4.98 Å². The van der Waals surface area contributed by atoms with Crippen molar-refractivity contribution in [3.8, 4) is 22.3 Å². The van der Waals surface area contributed by atoms with Crippen LogP contribution in [0.3, 0.4) is 0 Å². The predicted octanol–water partition coefficient (Wildman–Crippen LogP) is 3.47. The lowest BCUT2D eigenvalue weighted by molar-refractivity contribution is 0.0965. The molecule has 2 aliphatic heterocycles. The van der Waals surface area contributed by atoms with Crippen LogP contribution in [-0.2, 0) is 11.3 Å². The molecule has 0 radical (unpaired) electrons. The Morgan fingerprint density at radius 1 is 1.07 bits per heavy atom. The number of morpholine rings is 1. The molecule has 1 atom stereocenters. The molecule has 0 bridgehead atoms. The Labute approximate surface area is 175 Å². The van der Waals surface area contributed by atoms with Crippen LogP contribution in [0.1, 0.15) is 22.8 Å². The van der Waals surface area contributed by atoms with E-state index in [1.807, 2.05) is 24.4 Å². The smallest absolute Gasteiger partial charge is 0.251 e. The molecule has 2 aromatic carbocycles. The van der Waals surface area contributed by atoms with Gasteiger partial charge in [0.25, 0.3) is 5.91 Å². The molecule has 3 N–H and O–H groups in total. The number of hydrogen-bond donors (Lipinski definition) is 2. The number of anilines is 2. The molecule has 1 amide bonds. The van der Waals surface area contributed by atoms with Crippen LogP contribution in [0.15, 0.2) is 54.7 Å². The second-order valence-corrected chi connectivity index (χ2v) is 7.88. The summed E-state index contributed by atoms with van der Waals surface area (Å²) < 4.78 is 5.54. The summed E-state index contributed by atoms with van der Waals surface area (Å²) in [5.41, 5.74) is 13.1. The highest BCUT2D eigenvalue weighted by molar-refractivity contribution is 5.99. The number of nitrogens with two attached hydrogens (primary N) is 1. The predicted molar refractivity (Wildman–Crippen MR) is 118 cm³/mol. The van der Waals surface area contributed by atoms with Crippen LogP contribution in [-0.4, -0.2) is 36.7 Å². The van der Waals surface area contributed by atoms with Crippen molar-refractivity contribution in [1.82, 2.24) is 10.3 Å². The number of pyridine rings is 1. The fraction of sp³-hybridized carbons (Fsp3) is 0.250. The number of nitrogens with zero attached hydrogens (tertiary/aromatic N) is 2. The summed E-state index contributed by atoms with van der Waals surface area (Å²) >= 11 is 0. The van der Waals surface area contributed by atoms with E-state index in [-0.39, 0.29) is 5.91 Å². The lowest BCUT2D eigenvalue weighted by Crippen LogP contribution is -2.43. The third kappa shape index (κ3) is 3.29. The van der Waals surface area contributed by atoms with Gasteiger partial charge in [-0.3, -0.25) is 4.79 Å². The number of carbonyl (C=O) groups is 1. The molecule has 2 aliphatic rings. The van der Waals surface area contributed by atoms with Gasteiger partial charge in [0.05, 0.1) is 13.2 Å². The number of hydrogen-bond acceptors (Lipinski definition) is 5. The summed E-state index contributed by atoms with van der Waals surface area (Å²) in [4.78, 5) is 18.6. The van der Waals surface area contributed by atoms with Crippen LogP contribution in [0, 0.1) is 0 Å². The molecule has 5 rings (SSSR count). The quantitative estimate of drug-likeness (QED) is 0.704. The standard InChI is InChI=1S/C24H24N4O2/c1-15-14-30-9-8-28(15)20-5-2-16(3-6-20)18-11-22(23(25)26-12-18)17-4-7-21-19(10-17)13-27-24(21)29/h2-7,10-12,15H,8-9,13-14H2,1H3,(H2,25,26)(H,27,29)/t15-/m0/s1. The SMILES string of the molecule is C[C@H]1COCCN1c1ccc(-c2cnc(N)c(-c3ccc4c(c3)CNC4=O)c2)cc1. The lowest BCUT2D eigenvalue weighted by atomic mass is 9.98. The van der Waals surface area contributed by atoms with Gasteiger partial charge in [0.15, 0.2) is 0 Å². The third-order valence-electron chi connectivity index (χ3n) is 5.92. The van der Waals surface area contributed by atoms with Gasteiger partial charge in [0.2, 0.25) is 0 Å². The van der Waals surface area contributed by atoms with Crippen LogP contribution in [0.2, 0.25) is 0 Å². The zero-order chi connectivity index (χ0) is 20.7. The first-order valence-corrected chi connectivity index (χ1v) is 10.2. The second-order valence-electron chi connectivity index (χ2n) is 7.88. The van der Waals surface area contributed by atoms with Crippen molar-refractivity contribution >= 4 is 17.4 Å². The molecule has 3 aromatic rings. The van der Waals surface area contributed by atoms with Gasteiger partial charge in [-0.1, -0.05) is 18.2 Å². The zero-order valence-electron chi connectivity index (χ0n) is 16.9. The number of carbonyl (C=O) groups excluding carboxylic acids is 1. The van der Waals surface area contributed by atoms with E-state index >= 15 is 0 Å². The van der Waals surface area contributed by atoms with Gasteiger partial charge < -0.3 is 20.7 Å². The molecular weight excluding hydrogens is 376 g/mol. The average molecular weight is 400 g/mol. The molecule has 0 unspecified atom stereocenters. The number of fused-ring (bicyclic) bond motifs is 1. The topological polar surface area (TPSA) is 80.5 Å². The second kappa shape index (κ2) is 7.46. The van der Waals surface area contributed by atoms with E-state index in [1.54, 1.807) is 0 Å². The molecule has 6 heteroatoms. The summed E-state index contributed by atoms with van der Waals surface area (Å²) in [6, 6.07) is 16.8. The molecular formula is C24H24N4O2. The van der Waals surface area contributed by atoms with E-state index in [0.717, 1.165) is 53.1 Å². The van der Waals surface area contributed by atoms with Crippen molar-refractivity contribution in [1.29, 1.82) is 0 Å². The van der Waals surface area contributed by atoms with Crippen LogP contribution < -0.4 is 16.0 Å². The number of ether oxygens (including phenoxy) is 1. The number of rotatable bonds is 3. The summed E-state index contributed by atoms with van der Waals surface area (Å²) in [6.45, 7) is 5.16. The molecule has 3 heterocycles. The van der Waals surface area contributed by atoms with E-state index in [0.29, 0.717) is 18.4 Å². The number of aromatic nitrogens is 1. The van der Waals surface area contributed by atoms with Gasteiger partial charge in [-0.15, -0.1) is 0 Å². The molecule has 1 saturated heterocycles. The Hall–Kier alpha value is -3.38. The fourth-order valence-electron chi connectivity index (χ4n) is 4.22. The first kappa shape index (κ1) is 18.6. The average Bonchev–Trinajstić information content (AvgIpc) is 3.15. The van der Waals surface area contributed by atoms with E-state index in [1.165, 1.54) is 5.69 Å². The van der Waals surface area contributed by atoms with Crippen LogP contribution in [0.25, 0.3) is 22.3 Å². The van der Waals surface area contributed by atoms with Crippen LogP contribution in [0.5, 0.6) is 0 Å². The molecule has 152 valence electrons. The highest BCUT2D eigenvalue weighted by Crippen LogP contribution is 2.32. The Morgan fingerprint density at radius 2 is 1.87 bits per heavy atom. The maximum absolute atomic E-state index is 11.8. The molecule has 0 aliphatic carbocycles. The number of nitrogens with one attached hydrogen (secondary N) is 1. The normalized spacial score (nSPS) is 18.2. The Bertz CT molecular complexity index is 1110. The molecule has 1 aromatic heterocycles. The minimum absolute atomic E-state index is 0.0222. The molecule has 1 fully saturated rings. The van der Waals surface area contributed by atoms with Gasteiger partial charge >= 0.3 is 0 Å². The maximum atomic E-state index is 11.8. The van der Waals surface area contributed by atoms with Crippen LogP contribution >= 0.6 is 0 Å². The van der Waals surface area contributed by atoms with Crippen molar-refractivity contribution in [2.45, 2.75) is 19.5 Å². The largest absolute Gasteiger partial charge is 0.383 e. The van der Waals surface area contributed by atoms with Crippen LogP contribution in [0.4, 0.5) is 11.5 Å². The van der Waals surface area contributed by atoms with E-state index in [4.69, 9.17) is 10.5 Å². The molecule has 0 saturated carbocycles. The highest BCUT2D eigenvalue weighted by atomic mass is 16.5. The van der Waals surface area contributed by atoms with Gasteiger partial charge in [-0.05, 0) is 53.9 Å². The maximum Gasteiger partial charge on any atom is 0.251 e. The minimum atomic E-state index is -0.0222. The Morgan fingerprint density at radius 3 is 2.67 bits per heavy atom. The summed E-state index contributed by atoms with van der Waals surface area (Å²) in [6.07, 6.45) is 1.81. The molecule has 0 spiro atoms. The van der Waals surface area contributed by atoms with Gasteiger partial charge in [0.1, 0.15) is 5.82 Å². The monoisotopic (exact) mass is 400 g/mol. The minimum Gasteiger partial charge on any atom is -0.383 e. The Balaban J connectivity index is 1.46. The summed E-state index contributed by atoms with van der Waals surface area (Å²) in [5.74, 6) is 0.459. The van der Waals surface area contributed by atoms with Crippen molar-refractivity contribution in [3.63, 3.8) is 0 Å². The van der Waals surface area contributed by atoms with E-state index in [2.05, 4.69) is 52.5 Å². The van der Waals surface area contributed by atoms with Crippen molar-refractivity contribution in [3.05, 3.63) is 65.9 Å². The van der Waals surface area contributed by atoms with Crippen molar-refractivity contribution in [2.75, 3.05) is 30.4 Å². The zero-order valence-corrected chi connectivity index (χ0v) is 16.9. The van der Waals surface area contributed by atoms with Crippen molar-refractivity contribution in [2.24, 2.45) is 0 Å². The van der Waals surface area contributed by atoms with Gasteiger partial charge in [0, 0.05) is 47.7 Å². The third-order valence-corrected chi connectivity index (χ3v) is 5.92. The highest BCUT2D eigenvalue weighted by Gasteiger charge is 2.20. The Kier molecular flexibility index (Phi) is 4.64. The van der Waals surface area contributed by atoms with Gasteiger partial charge in [-0.2, -0.15) is 0 Å². The fourth-order valence-corrected chi connectivity index (χ4v) is 4.22. The number of amides is 1. The van der Waals surface area contributed by atoms with Crippen molar-refractivity contribution < 1.29 is 9.53 Å². The number of benzene rings is 2. The van der Waals surface area contributed by atoms with E-state index in [9.17, 15) is 4.79 Å². The summed E-state index contributed by atoms with van der Waals surface area (Å²) in [5, 5.41) is 2.85.